The molecule has 2 N–H and O–H groups in total. The van der Waals surface area contributed by atoms with E-state index in [2.05, 4.69) is 10.9 Å². The number of halogens is 1. The third-order valence-electron chi connectivity index (χ3n) is 4.77. The molecule has 4 nitrogen and oxygen atoms in total. The van der Waals surface area contributed by atoms with Crippen molar-refractivity contribution >= 4 is 11.8 Å². The van der Waals surface area contributed by atoms with Crippen molar-refractivity contribution in [2.75, 3.05) is 0 Å². The first-order chi connectivity index (χ1) is 10.1. The Morgan fingerprint density at radius 3 is 2.62 bits per heavy atom. The number of rotatable bonds is 3. The molecular formula is C16H19FN2O2. The first-order valence-electron chi connectivity index (χ1n) is 7.47. The maximum absolute atomic E-state index is 13.4. The molecule has 2 aliphatic rings. The standard InChI is InChI=1S/C16H19FN2O2/c17-14-4-2-1-3-13(14)16(21)19-18-15(20)9-12-8-10-5-6-11(12)7-10/h1-4,10-12H,5-9H2,(H,18,20)(H,19,21). The Balaban J connectivity index is 1.48. The van der Waals surface area contributed by atoms with E-state index in [1.165, 1.54) is 37.5 Å². The highest BCUT2D eigenvalue weighted by atomic mass is 19.1. The zero-order valence-corrected chi connectivity index (χ0v) is 11.8. The summed E-state index contributed by atoms with van der Waals surface area (Å²) in [5.74, 6) is 0.474. The average molecular weight is 290 g/mol. The van der Waals surface area contributed by atoms with Crippen LogP contribution in [-0.2, 0) is 4.79 Å². The topological polar surface area (TPSA) is 58.2 Å². The van der Waals surface area contributed by atoms with Gasteiger partial charge < -0.3 is 0 Å². The van der Waals surface area contributed by atoms with E-state index in [1.807, 2.05) is 0 Å². The van der Waals surface area contributed by atoms with Crippen LogP contribution >= 0.6 is 0 Å². The van der Waals surface area contributed by atoms with Crippen LogP contribution in [0.2, 0.25) is 0 Å². The number of carbonyl (C=O) groups excluding carboxylic acids is 2. The molecule has 0 aromatic heterocycles. The van der Waals surface area contributed by atoms with Crippen molar-refractivity contribution in [2.45, 2.75) is 32.1 Å². The van der Waals surface area contributed by atoms with Gasteiger partial charge in [0.25, 0.3) is 5.91 Å². The molecule has 0 radical (unpaired) electrons. The number of hydrogen-bond donors (Lipinski definition) is 2. The lowest BCUT2D eigenvalue weighted by Gasteiger charge is -2.20. The maximum atomic E-state index is 13.4. The van der Waals surface area contributed by atoms with Crippen molar-refractivity contribution in [3.05, 3.63) is 35.6 Å². The van der Waals surface area contributed by atoms with Crippen LogP contribution in [0.15, 0.2) is 24.3 Å². The monoisotopic (exact) mass is 290 g/mol. The minimum absolute atomic E-state index is 0.0716. The van der Waals surface area contributed by atoms with Crippen molar-refractivity contribution in [2.24, 2.45) is 17.8 Å². The molecule has 112 valence electrons. The van der Waals surface area contributed by atoms with E-state index < -0.39 is 11.7 Å². The van der Waals surface area contributed by atoms with Crippen LogP contribution in [-0.4, -0.2) is 11.8 Å². The number of fused-ring (bicyclic) bond motifs is 2. The molecule has 0 heterocycles. The molecule has 3 atom stereocenters. The summed E-state index contributed by atoms with van der Waals surface area (Å²) in [4.78, 5) is 23.6. The largest absolute Gasteiger partial charge is 0.273 e. The molecule has 5 heteroatoms. The van der Waals surface area contributed by atoms with E-state index in [0.717, 1.165) is 12.3 Å². The highest BCUT2D eigenvalue weighted by Gasteiger charge is 2.40. The minimum atomic E-state index is -0.630. The molecule has 2 saturated carbocycles. The van der Waals surface area contributed by atoms with Crippen LogP contribution in [0, 0.1) is 23.6 Å². The molecule has 2 amide bonds. The SMILES string of the molecule is O=C(CC1CC2CCC1C2)NNC(=O)c1ccccc1F. The van der Waals surface area contributed by atoms with Gasteiger partial charge in [-0.1, -0.05) is 18.6 Å². The summed E-state index contributed by atoms with van der Waals surface area (Å²) in [5.41, 5.74) is 4.60. The van der Waals surface area contributed by atoms with Gasteiger partial charge in [-0.15, -0.1) is 0 Å². The smallest absolute Gasteiger partial charge is 0.272 e. The van der Waals surface area contributed by atoms with Crippen molar-refractivity contribution in [1.29, 1.82) is 0 Å². The molecule has 1 aromatic carbocycles. The third kappa shape index (κ3) is 3.06. The summed E-state index contributed by atoms with van der Waals surface area (Å²) in [6.45, 7) is 0. The van der Waals surface area contributed by atoms with Crippen molar-refractivity contribution in [3.63, 3.8) is 0 Å². The van der Waals surface area contributed by atoms with Gasteiger partial charge in [0.15, 0.2) is 0 Å². The summed E-state index contributed by atoms with van der Waals surface area (Å²) in [6, 6.07) is 5.69. The Kier molecular flexibility index (Phi) is 3.90. The number of benzene rings is 1. The zero-order valence-electron chi connectivity index (χ0n) is 11.8. The second-order valence-corrected chi connectivity index (χ2v) is 6.12. The molecule has 2 bridgehead atoms. The molecule has 0 spiro atoms. The van der Waals surface area contributed by atoms with E-state index in [4.69, 9.17) is 0 Å². The number of carbonyl (C=O) groups is 2. The highest BCUT2D eigenvalue weighted by molar-refractivity contribution is 5.95. The van der Waals surface area contributed by atoms with Crippen LogP contribution in [0.3, 0.4) is 0 Å². The summed E-state index contributed by atoms with van der Waals surface area (Å²) in [6.07, 6.45) is 5.34. The minimum Gasteiger partial charge on any atom is -0.273 e. The summed E-state index contributed by atoms with van der Waals surface area (Å²) in [7, 11) is 0. The van der Waals surface area contributed by atoms with Crippen molar-refractivity contribution < 1.29 is 14.0 Å². The number of hydrazine groups is 1. The molecule has 3 unspecified atom stereocenters. The van der Waals surface area contributed by atoms with E-state index in [9.17, 15) is 14.0 Å². The van der Waals surface area contributed by atoms with Crippen LogP contribution < -0.4 is 10.9 Å². The molecular weight excluding hydrogens is 271 g/mol. The molecule has 3 rings (SSSR count). The summed E-state index contributed by atoms with van der Waals surface area (Å²) < 4.78 is 13.4. The predicted molar refractivity (Wildman–Crippen MR) is 75.6 cm³/mol. The second-order valence-electron chi connectivity index (χ2n) is 6.12. The average Bonchev–Trinajstić information content (AvgIpc) is 3.08. The predicted octanol–water partition coefficient (Wildman–Crippen LogP) is 2.41. The van der Waals surface area contributed by atoms with Gasteiger partial charge in [-0.3, -0.25) is 20.4 Å². The van der Waals surface area contributed by atoms with Crippen LogP contribution in [0.25, 0.3) is 0 Å². The lowest BCUT2D eigenvalue weighted by Crippen LogP contribution is -2.42. The molecule has 1 aromatic rings. The number of amides is 2. The maximum Gasteiger partial charge on any atom is 0.272 e. The van der Waals surface area contributed by atoms with E-state index >= 15 is 0 Å². The molecule has 0 saturated heterocycles. The van der Waals surface area contributed by atoms with Crippen LogP contribution in [0.4, 0.5) is 4.39 Å². The van der Waals surface area contributed by atoms with Gasteiger partial charge in [0.1, 0.15) is 5.82 Å². The van der Waals surface area contributed by atoms with Gasteiger partial charge in [0.2, 0.25) is 5.91 Å². The van der Waals surface area contributed by atoms with Gasteiger partial charge in [-0.2, -0.15) is 0 Å². The van der Waals surface area contributed by atoms with E-state index in [1.54, 1.807) is 6.07 Å². The first-order valence-corrected chi connectivity index (χ1v) is 7.47. The molecule has 2 fully saturated rings. The van der Waals surface area contributed by atoms with Gasteiger partial charge in [0, 0.05) is 6.42 Å². The number of hydrogen-bond acceptors (Lipinski definition) is 2. The Bertz CT molecular complexity index is 561. The third-order valence-corrected chi connectivity index (χ3v) is 4.77. The van der Waals surface area contributed by atoms with E-state index in [-0.39, 0.29) is 11.5 Å². The number of nitrogens with one attached hydrogen (secondary N) is 2. The van der Waals surface area contributed by atoms with E-state index in [0.29, 0.717) is 18.3 Å². The first kappa shape index (κ1) is 14.0. The van der Waals surface area contributed by atoms with Gasteiger partial charge in [-0.05, 0) is 49.1 Å². The Morgan fingerprint density at radius 2 is 1.95 bits per heavy atom. The fourth-order valence-corrected chi connectivity index (χ4v) is 3.75. The molecule has 2 aliphatic carbocycles. The Morgan fingerprint density at radius 1 is 1.14 bits per heavy atom. The fraction of sp³-hybridized carbons (Fsp3) is 0.500. The summed E-state index contributed by atoms with van der Waals surface area (Å²) >= 11 is 0. The normalized spacial score (nSPS) is 26.6. The second kappa shape index (κ2) is 5.84. The van der Waals surface area contributed by atoms with Gasteiger partial charge in [-0.25, -0.2) is 4.39 Å². The van der Waals surface area contributed by atoms with Crippen LogP contribution in [0.1, 0.15) is 42.5 Å². The fourth-order valence-electron chi connectivity index (χ4n) is 3.75. The highest BCUT2D eigenvalue weighted by Crippen LogP contribution is 2.49. The Hall–Kier alpha value is -1.91. The molecule has 0 aliphatic heterocycles. The van der Waals surface area contributed by atoms with Crippen molar-refractivity contribution in [3.8, 4) is 0 Å². The van der Waals surface area contributed by atoms with Gasteiger partial charge >= 0.3 is 0 Å². The van der Waals surface area contributed by atoms with Gasteiger partial charge in [0.05, 0.1) is 5.56 Å². The summed E-state index contributed by atoms with van der Waals surface area (Å²) in [5, 5.41) is 0. The quantitative estimate of drug-likeness (QED) is 0.840. The Labute approximate surface area is 123 Å². The lowest BCUT2D eigenvalue weighted by molar-refractivity contribution is -0.123. The molecule has 21 heavy (non-hydrogen) atoms. The van der Waals surface area contributed by atoms with Crippen molar-refractivity contribution in [1.82, 2.24) is 10.9 Å². The lowest BCUT2D eigenvalue weighted by atomic mass is 9.86. The van der Waals surface area contributed by atoms with Crippen LogP contribution in [0.5, 0.6) is 0 Å². The zero-order chi connectivity index (χ0) is 14.8.